The zero-order valence-electron chi connectivity index (χ0n) is 19.5. The van der Waals surface area contributed by atoms with Gasteiger partial charge >= 0.3 is 0 Å². The molecule has 0 unspecified atom stereocenters. The van der Waals surface area contributed by atoms with Gasteiger partial charge in [0.25, 0.3) is 0 Å². The fraction of sp³-hybridized carbons (Fsp3) is 0.259. The van der Waals surface area contributed by atoms with E-state index in [1.54, 1.807) is 11.8 Å². The van der Waals surface area contributed by atoms with Crippen LogP contribution in [0.2, 0.25) is 15.7 Å². The highest BCUT2D eigenvalue weighted by molar-refractivity contribution is 7.99. The molecule has 0 saturated heterocycles. The Morgan fingerprint density at radius 1 is 0.694 bits per heavy atom. The lowest BCUT2D eigenvalue weighted by atomic mass is 9.50. The van der Waals surface area contributed by atoms with Crippen molar-refractivity contribution in [2.75, 3.05) is 19.3 Å². The summed E-state index contributed by atoms with van der Waals surface area (Å²) in [5.41, 5.74) is 4.14. The predicted octanol–water partition coefficient (Wildman–Crippen LogP) is 6.99. The molecule has 2 heterocycles. The zero-order valence-corrected chi connectivity index (χ0v) is 22.6. The monoisotopic (exact) mass is 555 g/mol. The number of hydrogen-bond donors (Lipinski definition) is 1. The van der Waals surface area contributed by atoms with Crippen LogP contribution in [0.15, 0.2) is 77.8 Å². The van der Waals surface area contributed by atoms with Crippen LogP contribution >= 0.6 is 46.6 Å². The van der Waals surface area contributed by atoms with Crippen molar-refractivity contribution < 1.29 is 0 Å². The second kappa shape index (κ2) is 11.4. The van der Waals surface area contributed by atoms with E-state index in [0.717, 1.165) is 28.7 Å². The van der Waals surface area contributed by atoms with Crippen LogP contribution in [-0.2, 0) is 0 Å². The van der Waals surface area contributed by atoms with Gasteiger partial charge in [0, 0.05) is 36.0 Å². The molecular weight excluding hydrogens is 533 g/mol. The van der Waals surface area contributed by atoms with Crippen molar-refractivity contribution in [2.45, 2.75) is 28.7 Å². The van der Waals surface area contributed by atoms with Crippen molar-refractivity contribution in [1.82, 2.24) is 25.3 Å². The molecule has 0 amide bonds. The van der Waals surface area contributed by atoms with Crippen molar-refractivity contribution in [3.8, 4) is 0 Å². The molecule has 5 rings (SSSR count). The minimum atomic E-state index is 0.0203. The molecule has 1 aliphatic rings. The van der Waals surface area contributed by atoms with E-state index in [-0.39, 0.29) is 34.2 Å². The third-order valence-corrected chi connectivity index (χ3v) is 8.03. The molecule has 2 aromatic carbocycles. The molecule has 4 aromatic rings. The van der Waals surface area contributed by atoms with Gasteiger partial charge in [0.05, 0.1) is 11.4 Å². The maximum absolute atomic E-state index is 6.46. The first-order chi connectivity index (χ1) is 17.5. The van der Waals surface area contributed by atoms with Gasteiger partial charge in [-0.15, -0.1) is 11.8 Å². The van der Waals surface area contributed by atoms with Gasteiger partial charge in [0.1, 0.15) is 10.2 Å². The van der Waals surface area contributed by atoms with Crippen LogP contribution in [0.25, 0.3) is 0 Å². The summed E-state index contributed by atoms with van der Waals surface area (Å²) in [6, 6.07) is 24.8. The molecule has 2 atom stereocenters. The number of thioether (sulfide) groups is 1. The Balaban J connectivity index is 1.65. The Bertz CT molecular complexity index is 1260. The van der Waals surface area contributed by atoms with E-state index < -0.39 is 0 Å². The van der Waals surface area contributed by atoms with Gasteiger partial charge in [-0.3, -0.25) is 0 Å². The lowest BCUT2D eigenvalue weighted by Crippen LogP contribution is -2.41. The van der Waals surface area contributed by atoms with Gasteiger partial charge in [-0.1, -0.05) is 72.3 Å². The minimum Gasteiger partial charge on any atom is -0.319 e. The molecule has 0 spiro atoms. The van der Waals surface area contributed by atoms with Crippen LogP contribution < -0.4 is 5.32 Å². The van der Waals surface area contributed by atoms with Gasteiger partial charge < -0.3 is 5.32 Å². The molecular formula is C27H24Cl3N5S. The highest BCUT2D eigenvalue weighted by atomic mass is 35.5. The third kappa shape index (κ3) is 5.38. The van der Waals surface area contributed by atoms with E-state index in [2.05, 4.69) is 74.9 Å². The normalized spacial score (nSPS) is 21.2. The summed E-state index contributed by atoms with van der Waals surface area (Å²) in [6.45, 7) is 0.877. The standard InChI is InChI=1S/C27H24Cl3N5S/c1-31-12-13-36-21-15-19(33-27(30)35-21)25-22(16-8-4-2-5-9-16)24(18-14-20(28)34-26(29)32-18)23(25)17-10-6-3-7-11-17/h2-11,14-15,22-25,31H,12-13H2,1H3/t22-,23-,24?,25?/m0/s1. The molecule has 0 aliphatic heterocycles. The van der Waals surface area contributed by atoms with Crippen molar-refractivity contribution in [2.24, 2.45) is 0 Å². The number of rotatable bonds is 8. The van der Waals surface area contributed by atoms with Crippen LogP contribution in [-0.4, -0.2) is 39.3 Å². The fourth-order valence-electron chi connectivity index (χ4n) is 5.16. The van der Waals surface area contributed by atoms with E-state index in [0.29, 0.717) is 5.15 Å². The summed E-state index contributed by atoms with van der Waals surface area (Å²) < 4.78 is 0. The number of benzene rings is 2. The Morgan fingerprint density at radius 3 is 1.75 bits per heavy atom. The molecule has 5 nitrogen and oxygen atoms in total. The highest BCUT2D eigenvalue weighted by Gasteiger charge is 2.54. The molecule has 1 aliphatic carbocycles. The van der Waals surface area contributed by atoms with Gasteiger partial charge in [-0.25, -0.2) is 19.9 Å². The quantitative estimate of drug-likeness (QED) is 0.109. The van der Waals surface area contributed by atoms with Gasteiger partial charge in [-0.2, -0.15) is 0 Å². The van der Waals surface area contributed by atoms with E-state index in [1.165, 1.54) is 11.1 Å². The molecule has 2 aromatic heterocycles. The van der Waals surface area contributed by atoms with E-state index in [1.807, 2.05) is 25.2 Å². The first-order valence-corrected chi connectivity index (χ1v) is 13.8. The Labute approximate surface area is 230 Å². The summed E-state index contributed by atoms with van der Waals surface area (Å²) >= 11 is 20.7. The second-order valence-electron chi connectivity index (χ2n) is 8.66. The average Bonchev–Trinajstić information content (AvgIpc) is 2.84. The molecule has 1 fully saturated rings. The number of nitrogens with one attached hydrogen (secondary N) is 1. The lowest BCUT2D eigenvalue weighted by molar-refractivity contribution is 0.219. The van der Waals surface area contributed by atoms with E-state index >= 15 is 0 Å². The molecule has 0 bridgehead atoms. The number of aromatic nitrogens is 4. The van der Waals surface area contributed by atoms with Crippen LogP contribution in [0.3, 0.4) is 0 Å². The van der Waals surface area contributed by atoms with Crippen LogP contribution in [0.1, 0.15) is 46.2 Å². The SMILES string of the molecule is CNCCSc1cc(C2[C@@H](c3ccccc3)C(c3cc(Cl)nc(Cl)n3)[C@@H]2c2ccccc2)nc(Cl)n1. The fourth-order valence-corrected chi connectivity index (χ4v) is 6.69. The molecule has 0 radical (unpaired) electrons. The summed E-state index contributed by atoms with van der Waals surface area (Å²) in [5, 5.41) is 4.78. The topological polar surface area (TPSA) is 63.6 Å². The average molecular weight is 557 g/mol. The molecule has 184 valence electrons. The zero-order chi connectivity index (χ0) is 25.1. The summed E-state index contributed by atoms with van der Waals surface area (Å²) in [6.07, 6.45) is 0. The van der Waals surface area contributed by atoms with Crippen LogP contribution in [0, 0.1) is 0 Å². The largest absolute Gasteiger partial charge is 0.319 e. The van der Waals surface area contributed by atoms with Gasteiger partial charge in [0.15, 0.2) is 0 Å². The summed E-state index contributed by atoms with van der Waals surface area (Å²) in [4.78, 5) is 17.9. The molecule has 1 N–H and O–H groups in total. The van der Waals surface area contributed by atoms with Crippen molar-refractivity contribution in [3.05, 3.63) is 111 Å². The summed E-state index contributed by atoms with van der Waals surface area (Å²) in [7, 11) is 1.94. The van der Waals surface area contributed by atoms with Crippen LogP contribution in [0.5, 0.6) is 0 Å². The van der Waals surface area contributed by atoms with E-state index in [9.17, 15) is 0 Å². The van der Waals surface area contributed by atoms with Gasteiger partial charge in [-0.05, 0) is 53.5 Å². The third-order valence-electron chi connectivity index (χ3n) is 6.58. The smallest absolute Gasteiger partial charge is 0.224 e. The Morgan fingerprint density at radius 2 is 1.22 bits per heavy atom. The lowest BCUT2D eigenvalue weighted by Gasteiger charge is -2.52. The predicted molar refractivity (Wildman–Crippen MR) is 148 cm³/mol. The number of hydrogen-bond acceptors (Lipinski definition) is 6. The van der Waals surface area contributed by atoms with Crippen LogP contribution in [0.4, 0.5) is 0 Å². The summed E-state index contributed by atoms with van der Waals surface area (Å²) in [5.74, 6) is 1.13. The molecule has 36 heavy (non-hydrogen) atoms. The number of halogens is 3. The first kappa shape index (κ1) is 25.4. The maximum Gasteiger partial charge on any atom is 0.224 e. The minimum absolute atomic E-state index is 0.0203. The Kier molecular flexibility index (Phi) is 8.09. The van der Waals surface area contributed by atoms with Crippen molar-refractivity contribution >= 4 is 46.6 Å². The van der Waals surface area contributed by atoms with Crippen molar-refractivity contribution in [3.63, 3.8) is 0 Å². The number of nitrogens with zero attached hydrogens (tertiary/aromatic N) is 4. The molecule has 9 heteroatoms. The Hall–Kier alpha value is -2.22. The molecule has 1 saturated carbocycles. The van der Waals surface area contributed by atoms with Gasteiger partial charge in [0.2, 0.25) is 10.6 Å². The van der Waals surface area contributed by atoms with E-state index in [4.69, 9.17) is 39.8 Å². The maximum atomic E-state index is 6.46. The second-order valence-corrected chi connectivity index (χ2v) is 10.8. The first-order valence-electron chi connectivity index (χ1n) is 11.7. The highest BCUT2D eigenvalue weighted by Crippen LogP contribution is 2.66. The van der Waals surface area contributed by atoms with Crippen molar-refractivity contribution in [1.29, 1.82) is 0 Å².